The summed E-state index contributed by atoms with van der Waals surface area (Å²) < 4.78 is 5.18. The van der Waals surface area contributed by atoms with Crippen LogP contribution in [-0.4, -0.2) is 42.4 Å². The molecule has 0 spiro atoms. The molecule has 6 nitrogen and oxygen atoms in total. The predicted octanol–water partition coefficient (Wildman–Crippen LogP) is 4.12. The fourth-order valence-electron chi connectivity index (χ4n) is 3.20. The number of nitrogens with zero attached hydrogens (tertiary/aromatic N) is 1. The van der Waals surface area contributed by atoms with Gasteiger partial charge in [-0.25, -0.2) is 4.79 Å². The van der Waals surface area contributed by atoms with Crippen molar-refractivity contribution in [2.75, 3.05) is 25.0 Å². The van der Waals surface area contributed by atoms with Crippen LogP contribution < -0.4 is 5.32 Å². The van der Waals surface area contributed by atoms with Crippen molar-refractivity contribution in [1.29, 1.82) is 0 Å². The molecule has 0 radical (unpaired) electrons. The largest absolute Gasteiger partial charge is 0.452 e. The molecule has 2 amide bonds. The Morgan fingerprint density at radius 1 is 0.867 bits per heavy atom. The van der Waals surface area contributed by atoms with Gasteiger partial charge in [0.25, 0.3) is 11.8 Å². The molecule has 0 atom stereocenters. The van der Waals surface area contributed by atoms with Gasteiger partial charge in [0.15, 0.2) is 6.61 Å². The smallest absolute Gasteiger partial charge is 0.339 e. The molecule has 0 fully saturated rings. The standard InChI is InChI=1S/C24H24N2O4/c1-3-26(4-2)23(28)18-12-14-19(15-13-18)25-22(27)16-30-24(29)21-11-7-9-17-8-5-6-10-20(17)21/h5-15H,3-4,16H2,1-2H3,(H,25,27). The van der Waals surface area contributed by atoms with Crippen LogP contribution in [0.2, 0.25) is 0 Å². The number of esters is 1. The Bertz CT molecular complexity index is 1050. The van der Waals surface area contributed by atoms with E-state index in [4.69, 9.17) is 4.74 Å². The maximum atomic E-state index is 12.4. The first kappa shape index (κ1) is 21.0. The first-order valence-corrected chi connectivity index (χ1v) is 9.87. The zero-order chi connectivity index (χ0) is 21.5. The number of rotatable bonds is 7. The molecule has 0 aliphatic carbocycles. The number of ether oxygens (including phenoxy) is 1. The average molecular weight is 404 g/mol. The highest BCUT2D eigenvalue weighted by molar-refractivity contribution is 6.05. The molecule has 0 bridgehead atoms. The van der Waals surface area contributed by atoms with Crippen molar-refractivity contribution in [2.45, 2.75) is 13.8 Å². The summed E-state index contributed by atoms with van der Waals surface area (Å²) in [6.07, 6.45) is 0. The maximum absolute atomic E-state index is 12.4. The minimum absolute atomic E-state index is 0.0538. The summed E-state index contributed by atoms with van der Waals surface area (Å²) in [4.78, 5) is 38.6. The molecule has 1 N–H and O–H groups in total. The fourth-order valence-corrected chi connectivity index (χ4v) is 3.20. The fraction of sp³-hybridized carbons (Fsp3) is 0.208. The van der Waals surface area contributed by atoms with E-state index in [9.17, 15) is 14.4 Å². The van der Waals surface area contributed by atoms with Gasteiger partial charge in [-0.3, -0.25) is 9.59 Å². The number of amides is 2. The highest BCUT2D eigenvalue weighted by Gasteiger charge is 2.14. The van der Waals surface area contributed by atoms with Crippen LogP contribution in [0.4, 0.5) is 5.69 Å². The van der Waals surface area contributed by atoms with Crippen LogP contribution >= 0.6 is 0 Å². The SMILES string of the molecule is CCN(CC)C(=O)c1ccc(NC(=O)COC(=O)c2cccc3ccccc23)cc1. The highest BCUT2D eigenvalue weighted by atomic mass is 16.5. The predicted molar refractivity (Wildman–Crippen MR) is 117 cm³/mol. The van der Waals surface area contributed by atoms with E-state index in [0.29, 0.717) is 29.9 Å². The lowest BCUT2D eigenvalue weighted by Gasteiger charge is -2.18. The van der Waals surface area contributed by atoms with Gasteiger partial charge >= 0.3 is 5.97 Å². The number of anilines is 1. The summed E-state index contributed by atoms with van der Waals surface area (Å²) in [6.45, 7) is 4.72. The van der Waals surface area contributed by atoms with E-state index in [2.05, 4.69) is 5.32 Å². The first-order valence-electron chi connectivity index (χ1n) is 9.87. The number of carbonyl (C=O) groups is 3. The van der Waals surface area contributed by atoms with Crippen LogP contribution in [0.25, 0.3) is 10.8 Å². The number of fused-ring (bicyclic) bond motifs is 1. The minimum Gasteiger partial charge on any atom is -0.452 e. The highest BCUT2D eigenvalue weighted by Crippen LogP contribution is 2.19. The van der Waals surface area contributed by atoms with Crippen molar-refractivity contribution < 1.29 is 19.1 Å². The molecule has 6 heteroatoms. The van der Waals surface area contributed by atoms with Crippen LogP contribution in [0.5, 0.6) is 0 Å². The Morgan fingerprint density at radius 3 is 2.23 bits per heavy atom. The van der Waals surface area contributed by atoms with Crippen LogP contribution in [0, 0.1) is 0 Å². The van der Waals surface area contributed by atoms with E-state index in [-0.39, 0.29) is 5.91 Å². The van der Waals surface area contributed by atoms with Gasteiger partial charge in [0.05, 0.1) is 5.56 Å². The van der Waals surface area contributed by atoms with E-state index in [1.165, 1.54) is 0 Å². The van der Waals surface area contributed by atoms with Crippen LogP contribution in [0.3, 0.4) is 0 Å². The summed E-state index contributed by atoms with van der Waals surface area (Å²) in [5.41, 5.74) is 1.50. The number of hydrogen-bond donors (Lipinski definition) is 1. The van der Waals surface area contributed by atoms with Crippen molar-refractivity contribution in [3.05, 3.63) is 77.9 Å². The number of carbonyl (C=O) groups excluding carboxylic acids is 3. The summed E-state index contributed by atoms with van der Waals surface area (Å²) in [7, 11) is 0. The second-order valence-electron chi connectivity index (χ2n) is 6.71. The molecule has 3 aromatic rings. The molecule has 154 valence electrons. The maximum Gasteiger partial charge on any atom is 0.339 e. The monoisotopic (exact) mass is 404 g/mol. The van der Waals surface area contributed by atoms with Gasteiger partial charge in [0.1, 0.15) is 0 Å². The molecule has 30 heavy (non-hydrogen) atoms. The Morgan fingerprint density at radius 2 is 1.53 bits per heavy atom. The summed E-state index contributed by atoms with van der Waals surface area (Å²) in [5, 5.41) is 4.37. The Hall–Kier alpha value is -3.67. The third kappa shape index (κ3) is 4.84. The summed E-state index contributed by atoms with van der Waals surface area (Å²) >= 11 is 0. The van der Waals surface area contributed by atoms with E-state index in [1.54, 1.807) is 41.3 Å². The quantitative estimate of drug-likeness (QED) is 0.601. The van der Waals surface area contributed by atoms with E-state index >= 15 is 0 Å². The molecule has 0 aliphatic heterocycles. The first-order chi connectivity index (χ1) is 14.5. The molecule has 0 saturated heterocycles. The Balaban J connectivity index is 1.58. The molecule has 0 unspecified atom stereocenters. The van der Waals surface area contributed by atoms with Crippen LogP contribution in [0.1, 0.15) is 34.6 Å². The lowest BCUT2D eigenvalue weighted by atomic mass is 10.1. The molecule has 0 heterocycles. The topological polar surface area (TPSA) is 75.7 Å². The normalized spacial score (nSPS) is 10.5. The van der Waals surface area contributed by atoms with E-state index < -0.39 is 18.5 Å². The summed E-state index contributed by atoms with van der Waals surface area (Å²) in [5.74, 6) is -1.06. The van der Waals surface area contributed by atoms with E-state index in [1.807, 2.05) is 44.2 Å². The van der Waals surface area contributed by atoms with Gasteiger partial charge in [-0.2, -0.15) is 0 Å². The van der Waals surface area contributed by atoms with Crippen molar-refractivity contribution >= 4 is 34.2 Å². The van der Waals surface area contributed by atoms with Gasteiger partial charge in [-0.1, -0.05) is 36.4 Å². The zero-order valence-corrected chi connectivity index (χ0v) is 17.1. The third-order valence-corrected chi connectivity index (χ3v) is 4.81. The van der Waals surface area contributed by atoms with Crippen molar-refractivity contribution in [2.24, 2.45) is 0 Å². The lowest BCUT2D eigenvalue weighted by Crippen LogP contribution is -2.30. The van der Waals surface area contributed by atoms with Gasteiger partial charge in [-0.05, 0) is 55.0 Å². The Labute approximate surface area is 175 Å². The third-order valence-electron chi connectivity index (χ3n) is 4.81. The van der Waals surface area contributed by atoms with Gasteiger partial charge in [0, 0.05) is 24.3 Å². The minimum atomic E-state index is -0.554. The number of benzene rings is 3. The van der Waals surface area contributed by atoms with Crippen molar-refractivity contribution in [1.82, 2.24) is 4.90 Å². The molecular formula is C24H24N2O4. The van der Waals surface area contributed by atoms with Gasteiger partial charge in [0.2, 0.25) is 0 Å². The molecule has 0 saturated carbocycles. The number of nitrogens with one attached hydrogen (secondary N) is 1. The molecule has 3 rings (SSSR count). The van der Waals surface area contributed by atoms with Crippen LogP contribution in [-0.2, 0) is 9.53 Å². The van der Waals surface area contributed by atoms with Crippen molar-refractivity contribution in [3.8, 4) is 0 Å². The molecule has 0 aromatic heterocycles. The van der Waals surface area contributed by atoms with Gasteiger partial charge < -0.3 is 15.0 Å². The summed E-state index contributed by atoms with van der Waals surface area (Å²) in [6, 6.07) is 19.5. The second-order valence-corrected chi connectivity index (χ2v) is 6.71. The molecular weight excluding hydrogens is 380 g/mol. The van der Waals surface area contributed by atoms with E-state index in [0.717, 1.165) is 10.8 Å². The second kappa shape index (κ2) is 9.69. The number of hydrogen-bond acceptors (Lipinski definition) is 4. The molecule has 0 aliphatic rings. The van der Waals surface area contributed by atoms with Crippen molar-refractivity contribution in [3.63, 3.8) is 0 Å². The lowest BCUT2D eigenvalue weighted by molar-refractivity contribution is -0.119. The molecule has 3 aromatic carbocycles. The van der Waals surface area contributed by atoms with Gasteiger partial charge in [-0.15, -0.1) is 0 Å². The van der Waals surface area contributed by atoms with Crippen LogP contribution in [0.15, 0.2) is 66.7 Å². The zero-order valence-electron chi connectivity index (χ0n) is 17.1. The Kier molecular flexibility index (Phi) is 6.80. The average Bonchev–Trinajstić information content (AvgIpc) is 2.78.